The van der Waals surface area contributed by atoms with Crippen LogP contribution in [-0.4, -0.2) is 50.9 Å². The van der Waals surface area contributed by atoms with Crippen molar-refractivity contribution >= 4 is 33.1 Å². The zero-order valence-corrected chi connectivity index (χ0v) is 19.3. The summed E-state index contributed by atoms with van der Waals surface area (Å²) < 4.78 is 33.4. The van der Waals surface area contributed by atoms with Gasteiger partial charge in [-0.15, -0.1) is 11.3 Å². The molecule has 11 heteroatoms. The van der Waals surface area contributed by atoms with E-state index in [-0.39, 0.29) is 29.3 Å². The number of allylic oxidation sites excluding steroid dienone is 1. The molecule has 1 aromatic rings. The summed E-state index contributed by atoms with van der Waals surface area (Å²) in [6.45, 7) is 5.63. The second-order valence-corrected chi connectivity index (χ2v) is 9.68. The number of sulfonamides is 1. The molecule has 0 amide bonds. The number of ketones is 1. The van der Waals surface area contributed by atoms with E-state index in [9.17, 15) is 13.2 Å². The predicted octanol–water partition coefficient (Wildman–Crippen LogP) is 1.70. The molecule has 1 aliphatic carbocycles. The number of rotatable bonds is 9. The maximum atomic E-state index is 12.8. The van der Waals surface area contributed by atoms with Gasteiger partial charge in [0.05, 0.1) is 17.1 Å². The first-order valence-electron chi connectivity index (χ1n) is 9.50. The van der Waals surface area contributed by atoms with Crippen molar-refractivity contribution in [1.82, 2.24) is 9.71 Å². The molecule has 5 N–H and O–H groups in total. The Hall–Kier alpha value is -2.08. The zero-order chi connectivity index (χ0) is 22.5. The van der Waals surface area contributed by atoms with E-state index < -0.39 is 16.1 Å². The van der Waals surface area contributed by atoms with Crippen molar-refractivity contribution in [3.63, 3.8) is 0 Å². The van der Waals surface area contributed by atoms with E-state index in [1.165, 1.54) is 11.3 Å². The van der Waals surface area contributed by atoms with Crippen LogP contribution in [0, 0.1) is 0 Å². The molecule has 1 unspecified atom stereocenters. The number of nitrogens with two attached hydrogens (primary N) is 2. The van der Waals surface area contributed by atoms with E-state index in [0.717, 1.165) is 5.57 Å². The Labute approximate surface area is 181 Å². The number of hydrogen-bond acceptors (Lipinski definition) is 8. The Morgan fingerprint density at radius 2 is 2.13 bits per heavy atom. The molecule has 30 heavy (non-hydrogen) atoms. The number of ether oxygens (including phenoxy) is 1. The molecule has 1 aliphatic rings. The third-order valence-corrected chi connectivity index (χ3v) is 7.48. The Bertz CT molecular complexity index is 965. The first-order valence-corrected chi connectivity index (χ1v) is 11.9. The Morgan fingerprint density at radius 1 is 1.43 bits per heavy atom. The molecule has 0 saturated heterocycles. The van der Waals surface area contributed by atoms with Crippen molar-refractivity contribution in [1.29, 1.82) is 0 Å². The van der Waals surface area contributed by atoms with Gasteiger partial charge in [-0.25, -0.2) is 18.1 Å². The molecule has 2 rings (SSSR count). The lowest BCUT2D eigenvalue weighted by atomic mass is 9.92. The van der Waals surface area contributed by atoms with Crippen LogP contribution < -0.4 is 16.2 Å². The van der Waals surface area contributed by atoms with Gasteiger partial charge >= 0.3 is 0 Å². The van der Waals surface area contributed by atoms with Crippen LogP contribution in [0.4, 0.5) is 0 Å². The quantitative estimate of drug-likeness (QED) is 0.222. The molecule has 0 aromatic carbocycles. The van der Waals surface area contributed by atoms with Crippen LogP contribution in [0.1, 0.15) is 49.8 Å². The fourth-order valence-corrected chi connectivity index (χ4v) is 5.51. The third-order valence-electron chi connectivity index (χ3n) is 5.02. The van der Waals surface area contributed by atoms with Crippen LogP contribution in [0.5, 0.6) is 0 Å². The van der Waals surface area contributed by atoms with Gasteiger partial charge in [-0.05, 0) is 56.8 Å². The van der Waals surface area contributed by atoms with Gasteiger partial charge in [0.15, 0.2) is 5.01 Å². The number of aliphatic imine (C=N–C) groups is 1. The smallest absolute Gasteiger partial charge is 0.264 e. The normalized spacial score (nSPS) is 19.2. The molecule has 2 atom stereocenters. The number of nitrogens with one attached hydrogen (secondary N) is 1. The highest BCUT2D eigenvalue weighted by Gasteiger charge is 2.30. The Morgan fingerprint density at radius 3 is 2.73 bits per heavy atom. The van der Waals surface area contributed by atoms with Crippen molar-refractivity contribution in [2.75, 3.05) is 13.7 Å². The summed E-state index contributed by atoms with van der Waals surface area (Å²) >= 11 is 1.24. The summed E-state index contributed by atoms with van der Waals surface area (Å²) in [4.78, 5) is 20.3. The number of carbonyl (C=O) groups excluding carboxylic acids is 1. The molecular weight excluding hydrogens is 426 g/mol. The Kier molecular flexibility index (Phi) is 8.30. The van der Waals surface area contributed by atoms with Crippen LogP contribution >= 0.6 is 11.3 Å². The van der Waals surface area contributed by atoms with Gasteiger partial charge in [-0.1, -0.05) is 0 Å². The first-order chi connectivity index (χ1) is 14.1. The van der Waals surface area contributed by atoms with Crippen molar-refractivity contribution in [2.45, 2.75) is 52.2 Å². The number of Topliss-reactive ketones (excluding diaryl/α,β-unsaturated/α-hetero) is 1. The molecule has 1 aromatic heterocycles. The maximum absolute atomic E-state index is 12.8. The minimum absolute atomic E-state index is 0.133. The van der Waals surface area contributed by atoms with Crippen molar-refractivity contribution in [2.24, 2.45) is 16.5 Å². The summed E-state index contributed by atoms with van der Waals surface area (Å²) in [6.07, 6.45) is 2.80. The van der Waals surface area contributed by atoms with Gasteiger partial charge in [-0.2, -0.15) is 0 Å². The minimum atomic E-state index is -3.87. The second-order valence-electron chi connectivity index (χ2n) is 7.17. The predicted molar refractivity (Wildman–Crippen MR) is 119 cm³/mol. The largest absolute Gasteiger partial charge is 0.377 e. The van der Waals surface area contributed by atoms with Crippen LogP contribution in [-0.2, 0) is 14.8 Å². The highest BCUT2D eigenvalue weighted by atomic mass is 32.2. The average Bonchev–Trinajstić information content (AvgIpc) is 3.21. The highest BCUT2D eigenvalue weighted by Crippen LogP contribution is 2.34. The first kappa shape index (κ1) is 24.2. The fraction of sp³-hybridized carbons (Fsp3) is 0.526. The van der Waals surface area contributed by atoms with Crippen molar-refractivity contribution in [3.8, 4) is 0 Å². The molecule has 0 fully saturated rings. The maximum Gasteiger partial charge on any atom is 0.264 e. The van der Waals surface area contributed by atoms with E-state index >= 15 is 0 Å². The molecule has 9 nitrogen and oxygen atoms in total. The SMILES string of the molecule is COC1CC(C)=C(S(=O)(=O)NC(N)=NCCC[C@H](N)C(=O)c2nccs2)C(C)=C1C. The molecular formula is C19H29N5O4S2. The molecule has 0 aliphatic heterocycles. The molecule has 0 spiro atoms. The zero-order valence-electron chi connectivity index (χ0n) is 17.6. The molecule has 0 bridgehead atoms. The van der Waals surface area contributed by atoms with E-state index in [0.29, 0.717) is 35.4 Å². The summed E-state index contributed by atoms with van der Waals surface area (Å²) in [6, 6.07) is -0.677. The summed E-state index contributed by atoms with van der Waals surface area (Å²) in [5.41, 5.74) is 13.9. The van der Waals surface area contributed by atoms with Crippen molar-refractivity contribution in [3.05, 3.63) is 38.2 Å². The van der Waals surface area contributed by atoms with Crippen LogP contribution in [0.15, 0.2) is 38.2 Å². The van der Waals surface area contributed by atoms with Crippen LogP contribution in [0.25, 0.3) is 0 Å². The number of nitrogens with zero attached hydrogens (tertiary/aromatic N) is 2. The number of methoxy groups -OCH3 is 1. The van der Waals surface area contributed by atoms with Gasteiger partial charge in [0.2, 0.25) is 11.7 Å². The lowest BCUT2D eigenvalue weighted by molar-refractivity contribution is 0.0956. The van der Waals surface area contributed by atoms with E-state index in [4.69, 9.17) is 16.2 Å². The molecule has 1 heterocycles. The standard InChI is InChI=1S/C19H29N5O4S2/c1-11-10-15(28-4)12(2)13(3)17(11)30(26,27)24-19(21)23-7-5-6-14(20)16(25)18-22-8-9-29-18/h8-9,14-15H,5-7,10,20H2,1-4H3,(H3,21,23,24)/t14-,15?/m0/s1. The highest BCUT2D eigenvalue weighted by molar-refractivity contribution is 7.94. The lowest BCUT2D eigenvalue weighted by Crippen LogP contribution is -2.39. The van der Waals surface area contributed by atoms with E-state index in [2.05, 4.69) is 14.7 Å². The van der Waals surface area contributed by atoms with Crippen LogP contribution in [0.3, 0.4) is 0 Å². The summed E-state index contributed by atoms with van der Waals surface area (Å²) in [5.74, 6) is -0.413. The minimum Gasteiger partial charge on any atom is -0.377 e. The molecule has 0 saturated carbocycles. The van der Waals surface area contributed by atoms with Gasteiger partial charge < -0.3 is 16.2 Å². The lowest BCUT2D eigenvalue weighted by Gasteiger charge is -2.27. The summed E-state index contributed by atoms with van der Waals surface area (Å²) in [7, 11) is -2.26. The van der Waals surface area contributed by atoms with E-state index in [1.807, 2.05) is 6.92 Å². The van der Waals surface area contributed by atoms with Crippen LogP contribution in [0.2, 0.25) is 0 Å². The number of hydrogen-bond donors (Lipinski definition) is 3. The monoisotopic (exact) mass is 455 g/mol. The number of thiazole rings is 1. The number of guanidine groups is 1. The van der Waals surface area contributed by atoms with Gasteiger partial charge in [0.1, 0.15) is 0 Å². The van der Waals surface area contributed by atoms with Gasteiger partial charge in [-0.3, -0.25) is 9.79 Å². The van der Waals surface area contributed by atoms with Gasteiger partial charge in [0.25, 0.3) is 10.0 Å². The fourth-order valence-electron chi connectivity index (χ4n) is 3.32. The number of carbonyl (C=O) groups is 1. The topological polar surface area (TPSA) is 150 Å². The average molecular weight is 456 g/mol. The van der Waals surface area contributed by atoms with E-state index in [1.54, 1.807) is 32.5 Å². The van der Waals surface area contributed by atoms with Gasteiger partial charge in [0, 0.05) is 25.2 Å². The summed E-state index contributed by atoms with van der Waals surface area (Å²) in [5, 5.41) is 2.10. The second kappa shape index (κ2) is 10.3. The molecule has 0 radical (unpaired) electrons. The Balaban J connectivity index is 1.95. The third kappa shape index (κ3) is 5.75. The molecule has 166 valence electrons. The van der Waals surface area contributed by atoms with Crippen molar-refractivity contribution < 1.29 is 17.9 Å². The number of aromatic nitrogens is 1.